The fourth-order valence-electron chi connectivity index (χ4n) is 6.38. The second kappa shape index (κ2) is 12.7. The molecule has 1 heterocycles. The summed E-state index contributed by atoms with van der Waals surface area (Å²) in [4.78, 5) is 51.4. The van der Waals surface area contributed by atoms with E-state index in [2.05, 4.69) is 0 Å². The zero-order valence-electron chi connectivity index (χ0n) is 25.3. The number of aliphatic hydroxyl groups excluding tert-OH is 2. The average Bonchev–Trinajstić information content (AvgIpc) is 3.02. The number of fused-ring (bicyclic) bond motifs is 3. The van der Waals surface area contributed by atoms with E-state index in [1.807, 2.05) is 0 Å². The summed E-state index contributed by atoms with van der Waals surface area (Å²) in [7, 11) is 1.32. The van der Waals surface area contributed by atoms with Crippen LogP contribution in [0.1, 0.15) is 82.7 Å². The molecule has 14 heteroatoms. The highest BCUT2D eigenvalue weighted by Crippen LogP contribution is 2.52. The fourth-order valence-corrected chi connectivity index (χ4v) is 6.38. The number of methoxy groups -OCH3 is 1. The minimum atomic E-state index is -2.28. The van der Waals surface area contributed by atoms with Gasteiger partial charge in [-0.15, -0.1) is 0 Å². The molecule has 0 radical (unpaired) electrons. The largest absolute Gasteiger partial charge is 0.507 e. The summed E-state index contributed by atoms with van der Waals surface area (Å²) in [6.45, 7) is 4.50. The molecule has 0 aromatic heterocycles. The van der Waals surface area contributed by atoms with Crippen molar-refractivity contribution >= 4 is 17.3 Å². The SMILES string of the molecule is CCON(OCC)C1CC(O[C@H]2C[C@](O)(C(=O)CO)Cc3c(O)c4c(c(O)c32)C(=O)c2c(OC)cccc2C4=O)OC(C)C1O. The van der Waals surface area contributed by atoms with Gasteiger partial charge in [-0.3, -0.25) is 24.1 Å². The minimum absolute atomic E-state index is 0.0383. The first-order valence-electron chi connectivity index (χ1n) is 14.7. The summed E-state index contributed by atoms with van der Waals surface area (Å²) in [6, 6.07) is 3.58. The number of aromatic hydroxyl groups is 2. The molecular formula is C31H37NO13. The third-order valence-corrected chi connectivity index (χ3v) is 8.51. The normalized spacial score (nSPS) is 27.6. The van der Waals surface area contributed by atoms with Crippen molar-refractivity contribution in [1.82, 2.24) is 5.23 Å². The Hall–Kier alpha value is -3.47. The van der Waals surface area contributed by atoms with Crippen LogP contribution in [0.5, 0.6) is 17.2 Å². The Balaban J connectivity index is 1.62. The van der Waals surface area contributed by atoms with E-state index in [1.165, 1.54) is 25.3 Å². The van der Waals surface area contributed by atoms with Gasteiger partial charge >= 0.3 is 0 Å². The van der Waals surface area contributed by atoms with Gasteiger partial charge in [-0.2, -0.15) is 0 Å². The van der Waals surface area contributed by atoms with Gasteiger partial charge < -0.3 is 39.7 Å². The molecule has 5 rings (SSSR count). The van der Waals surface area contributed by atoms with Crippen molar-refractivity contribution in [3.05, 3.63) is 51.6 Å². The summed E-state index contributed by atoms with van der Waals surface area (Å²) >= 11 is 0. The van der Waals surface area contributed by atoms with Crippen molar-refractivity contribution in [2.45, 2.75) is 76.3 Å². The number of carbonyl (C=O) groups is 3. The van der Waals surface area contributed by atoms with Crippen LogP contribution in [-0.2, 0) is 30.4 Å². The quantitative estimate of drug-likeness (QED) is 0.158. The predicted octanol–water partition coefficient (Wildman–Crippen LogP) is 1.25. The molecule has 0 spiro atoms. The Kier molecular flexibility index (Phi) is 9.31. The van der Waals surface area contributed by atoms with Crippen LogP contribution in [0.4, 0.5) is 0 Å². The molecule has 45 heavy (non-hydrogen) atoms. The van der Waals surface area contributed by atoms with E-state index in [9.17, 15) is 39.9 Å². The molecule has 1 saturated heterocycles. The third-order valence-electron chi connectivity index (χ3n) is 8.51. The maximum absolute atomic E-state index is 13.8. The maximum Gasteiger partial charge on any atom is 0.202 e. The summed E-state index contributed by atoms with van der Waals surface area (Å²) in [5, 5.41) is 56.3. The van der Waals surface area contributed by atoms with Gasteiger partial charge in [-0.1, -0.05) is 17.4 Å². The number of hydrogen-bond donors (Lipinski definition) is 5. The lowest BCUT2D eigenvalue weighted by atomic mass is 9.72. The van der Waals surface area contributed by atoms with Crippen molar-refractivity contribution in [3.8, 4) is 17.2 Å². The zero-order chi connectivity index (χ0) is 32.8. The minimum Gasteiger partial charge on any atom is -0.507 e. The van der Waals surface area contributed by atoms with Gasteiger partial charge in [0.2, 0.25) is 5.78 Å². The van der Waals surface area contributed by atoms with Crippen LogP contribution in [0.15, 0.2) is 18.2 Å². The monoisotopic (exact) mass is 631 g/mol. The molecule has 3 aliphatic rings. The number of nitrogens with zero attached hydrogens (tertiary/aromatic N) is 1. The Morgan fingerprint density at radius 3 is 2.36 bits per heavy atom. The van der Waals surface area contributed by atoms with E-state index < -0.39 is 95.7 Å². The van der Waals surface area contributed by atoms with Gasteiger partial charge in [0, 0.05) is 36.0 Å². The molecule has 2 aromatic carbocycles. The highest BCUT2D eigenvalue weighted by atomic mass is 17.0. The highest BCUT2D eigenvalue weighted by molar-refractivity contribution is 6.31. The lowest BCUT2D eigenvalue weighted by molar-refractivity contribution is -0.412. The number of ether oxygens (including phenoxy) is 3. The third kappa shape index (κ3) is 5.51. The van der Waals surface area contributed by atoms with Crippen molar-refractivity contribution < 1.29 is 63.8 Å². The molecule has 2 aromatic rings. The van der Waals surface area contributed by atoms with E-state index >= 15 is 0 Å². The first-order valence-corrected chi connectivity index (χ1v) is 14.7. The number of rotatable bonds is 10. The van der Waals surface area contributed by atoms with Crippen LogP contribution in [0.25, 0.3) is 0 Å². The zero-order valence-corrected chi connectivity index (χ0v) is 25.3. The topological polar surface area (TPSA) is 202 Å². The van der Waals surface area contributed by atoms with E-state index in [0.717, 1.165) is 5.23 Å². The van der Waals surface area contributed by atoms with Gasteiger partial charge in [0.25, 0.3) is 0 Å². The Bertz CT molecular complexity index is 1500. The molecule has 0 bridgehead atoms. The van der Waals surface area contributed by atoms with Crippen LogP contribution >= 0.6 is 0 Å². The van der Waals surface area contributed by atoms with Crippen molar-refractivity contribution in [3.63, 3.8) is 0 Å². The number of ketones is 3. The number of carbonyl (C=O) groups excluding carboxylic acids is 3. The number of hydroxylamine groups is 2. The predicted molar refractivity (Wildman–Crippen MR) is 153 cm³/mol. The highest BCUT2D eigenvalue weighted by Gasteiger charge is 2.50. The lowest BCUT2D eigenvalue weighted by Gasteiger charge is -2.44. The second-order valence-electron chi connectivity index (χ2n) is 11.2. The van der Waals surface area contributed by atoms with Crippen LogP contribution in [0, 0.1) is 0 Å². The molecular weight excluding hydrogens is 594 g/mol. The Morgan fingerprint density at radius 2 is 1.73 bits per heavy atom. The number of aliphatic hydroxyl groups is 3. The number of benzene rings is 2. The maximum atomic E-state index is 13.8. The number of Topliss-reactive ketones (excluding diaryl/α,β-unsaturated/α-hetero) is 1. The first kappa shape index (κ1) is 32.9. The van der Waals surface area contributed by atoms with Gasteiger partial charge in [-0.25, -0.2) is 0 Å². The van der Waals surface area contributed by atoms with E-state index in [-0.39, 0.29) is 47.6 Å². The van der Waals surface area contributed by atoms with Gasteiger partial charge in [0.05, 0.1) is 55.3 Å². The van der Waals surface area contributed by atoms with Gasteiger partial charge in [0.1, 0.15) is 35.6 Å². The summed E-state index contributed by atoms with van der Waals surface area (Å²) in [5.41, 5.74) is -3.75. The smallest absolute Gasteiger partial charge is 0.202 e. The molecule has 0 amide bonds. The molecule has 0 saturated carbocycles. The fraction of sp³-hybridized carbons (Fsp3) is 0.516. The average molecular weight is 632 g/mol. The molecule has 4 unspecified atom stereocenters. The van der Waals surface area contributed by atoms with Crippen molar-refractivity contribution in [1.29, 1.82) is 0 Å². The second-order valence-corrected chi connectivity index (χ2v) is 11.2. The van der Waals surface area contributed by atoms with Crippen LogP contribution in [0.2, 0.25) is 0 Å². The summed E-state index contributed by atoms with van der Waals surface area (Å²) in [5.74, 6) is -3.85. The van der Waals surface area contributed by atoms with Crippen molar-refractivity contribution in [2.24, 2.45) is 0 Å². The van der Waals surface area contributed by atoms with E-state index in [0.29, 0.717) is 0 Å². The molecule has 2 aliphatic carbocycles. The van der Waals surface area contributed by atoms with Crippen LogP contribution in [-0.4, -0.2) is 105 Å². The molecule has 244 valence electrons. The molecule has 5 N–H and O–H groups in total. The van der Waals surface area contributed by atoms with Gasteiger partial charge in [-0.05, 0) is 26.8 Å². The standard InChI is InChI=1S/C31H37NO13/c1-5-42-32(43-6-2)17-10-21(44-14(3)26(17)35)45-19-12-31(40,20(34)13-33)11-16-23(19)30(39)25-24(28(16)37)27(36)15-8-7-9-18(41-4)22(15)29(25)38/h7-9,14,17,19,21,26,33,35,37,39-40H,5-6,10-13H2,1-4H3/t14?,17?,19-,21?,26?,31-/m0/s1. The van der Waals surface area contributed by atoms with Gasteiger partial charge in [0.15, 0.2) is 17.9 Å². The molecule has 1 fully saturated rings. The number of hydrogen-bond acceptors (Lipinski definition) is 14. The summed E-state index contributed by atoms with van der Waals surface area (Å²) < 4.78 is 17.5. The van der Waals surface area contributed by atoms with Crippen LogP contribution < -0.4 is 4.74 Å². The number of phenolic OH excluding ortho intramolecular Hbond substituents is 2. The van der Waals surface area contributed by atoms with E-state index in [4.69, 9.17) is 23.9 Å². The van der Waals surface area contributed by atoms with E-state index in [1.54, 1.807) is 20.8 Å². The Labute approximate surface area is 258 Å². The lowest BCUT2D eigenvalue weighted by Crippen LogP contribution is -2.55. The molecule has 1 aliphatic heterocycles. The summed E-state index contributed by atoms with van der Waals surface area (Å²) in [6.07, 6.45) is -5.56. The number of phenols is 2. The Morgan fingerprint density at radius 1 is 1.07 bits per heavy atom. The molecule has 6 atom stereocenters. The first-order chi connectivity index (χ1) is 21.4. The van der Waals surface area contributed by atoms with Crippen LogP contribution in [0.3, 0.4) is 0 Å². The molecule has 14 nitrogen and oxygen atoms in total. The van der Waals surface area contributed by atoms with Crippen molar-refractivity contribution in [2.75, 3.05) is 26.9 Å².